The van der Waals surface area contributed by atoms with E-state index < -0.39 is 20.0 Å². The van der Waals surface area contributed by atoms with Gasteiger partial charge in [0.1, 0.15) is 0 Å². The van der Waals surface area contributed by atoms with Gasteiger partial charge in [-0.05, 0) is 6.42 Å². The summed E-state index contributed by atoms with van der Waals surface area (Å²) in [6.07, 6.45) is -1.95. The number of phosphoric acid groups is 1. The van der Waals surface area contributed by atoms with E-state index in [0.29, 0.717) is 6.08 Å². The van der Waals surface area contributed by atoms with Crippen molar-refractivity contribution in [3.63, 3.8) is 0 Å². The fourth-order valence-electron chi connectivity index (χ4n) is 0.623. The molecule has 0 saturated carbocycles. The molecule has 0 amide bonds. The summed E-state index contributed by atoms with van der Waals surface area (Å²) in [6, 6.07) is 0. The Balaban J connectivity index is 4.35. The molecule has 0 fully saturated rings. The molecule has 0 aliphatic heterocycles. The average molecular weight is 214 g/mol. The summed E-state index contributed by atoms with van der Waals surface area (Å²) in [5, 5.41) is 0. The molecule has 0 spiro atoms. The minimum absolute atomic E-state index is 0.0948. The summed E-state index contributed by atoms with van der Waals surface area (Å²) in [5.74, 6) is 0. The van der Waals surface area contributed by atoms with Gasteiger partial charge in [-0.1, -0.05) is 6.08 Å². The van der Waals surface area contributed by atoms with E-state index >= 15 is 0 Å². The lowest BCUT2D eigenvalue weighted by molar-refractivity contribution is 0.159. The molecule has 76 valence electrons. The Bertz CT molecular complexity index is 243. The number of phosphoric ester groups is 1. The number of hydrogen-bond donors (Lipinski definition) is 2. The SMILES string of the molecule is C=CCC(C=C(F)F)OP(=O)(O)O. The highest BCUT2D eigenvalue weighted by Crippen LogP contribution is 2.38. The van der Waals surface area contributed by atoms with Crippen LogP contribution in [-0.2, 0) is 9.09 Å². The number of rotatable bonds is 5. The van der Waals surface area contributed by atoms with Gasteiger partial charge in [0.15, 0.2) is 0 Å². The van der Waals surface area contributed by atoms with Crippen LogP contribution in [0.25, 0.3) is 0 Å². The van der Waals surface area contributed by atoms with Crippen LogP contribution in [0.1, 0.15) is 6.42 Å². The van der Waals surface area contributed by atoms with Crippen molar-refractivity contribution < 1.29 is 27.7 Å². The minimum Gasteiger partial charge on any atom is -0.303 e. The van der Waals surface area contributed by atoms with Gasteiger partial charge in [-0.15, -0.1) is 6.58 Å². The second kappa shape index (κ2) is 5.24. The molecule has 0 aromatic rings. The van der Waals surface area contributed by atoms with Gasteiger partial charge < -0.3 is 9.79 Å². The van der Waals surface area contributed by atoms with Crippen molar-refractivity contribution in [2.75, 3.05) is 0 Å². The maximum atomic E-state index is 11.7. The van der Waals surface area contributed by atoms with Crippen LogP contribution in [0.2, 0.25) is 0 Å². The van der Waals surface area contributed by atoms with E-state index in [2.05, 4.69) is 11.1 Å². The molecule has 0 rings (SSSR count). The van der Waals surface area contributed by atoms with Crippen LogP contribution < -0.4 is 0 Å². The monoisotopic (exact) mass is 214 g/mol. The van der Waals surface area contributed by atoms with Crippen molar-refractivity contribution in [3.8, 4) is 0 Å². The Hall–Kier alpha value is -0.550. The van der Waals surface area contributed by atoms with Crippen LogP contribution in [0.5, 0.6) is 0 Å². The van der Waals surface area contributed by atoms with Crippen molar-refractivity contribution in [1.29, 1.82) is 0 Å². The molecule has 2 N–H and O–H groups in total. The maximum Gasteiger partial charge on any atom is 0.470 e. The zero-order valence-electron chi connectivity index (χ0n) is 6.56. The first-order valence-electron chi connectivity index (χ1n) is 3.23. The standard InChI is InChI=1S/C6H9F2O4P/c1-2-3-5(4-6(7)8)12-13(9,10)11/h2,4-5H,1,3H2,(H2,9,10,11). The molecule has 1 atom stereocenters. The molecular weight excluding hydrogens is 205 g/mol. The lowest BCUT2D eigenvalue weighted by Crippen LogP contribution is -2.06. The third-order valence-electron chi connectivity index (χ3n) is 0.984. The molecule has 0 aromatic heterocycles. The predicted octanol–water partition coefficient (Wildman–Crippen LogP) is 1.82. The first-order valence-corrected chi connectivity index (χ1v) is 4.76. The van der Waals surface area contributed by atoms with E-state index in [1.165, 1.54) is 6.08 Å². The Labute approximate surface area is 73.8 Å². The predicted molar refractivity (Wildman–Crippen MR) is 42.0 cm³/mol. The van der Waals surface area contributed by atoms with Gasteiger partial charge >= 0.3 is 7.82 Å². The molecule has 0 aliphatic carbocycles. The van der Waals surface area contributed by atoms with Crippen molar-refractivity contribution in [2.24, 2.45) is 0 Å². The summed E-state index contributed by atoms with van der Waals surface area (Å²) in [6.45, 7) is 3.23. The van der Waals surface area contributed by atoms with Crippen LogP contribution in [0.15, 0.2) is 24.8 Å². The summed E-state index contributed by atoms with van der Waals surface area (Å²) in [5.41, 5.74) is 0. The molecule has 0 aromatic carbocycles. The lowest BCUT2D eigenvalue weighted by Gasteiger charge is -2.11. The highest BCUT2D eigenvalue weighted by atomic mass is 31.2. The number of hydrogen-bond acceptors (Lipinski definition) is 2. The normalized spacial score (nSPS) is 13.5. The molecule has 0 radical (unpaired) electrons. The Morgan fingerprint density at radius 1 is 1.62 bits per heavy atom. The van der Waals surface area contributed by atoms with Gasteiger partial charge in [-0.25, -0.2) is 4.57 Å². The van der Waals surface area contributed by atoms with Gasteiger partial charge in [0.2, 0.25) is 0 Å². The van der Waals surface area contributed by atoms with E-state index in [0.717, 1.165) is 0 Å². The Morgan fingerprint density at radius 2 is 2.15 bits per heavy atom. The van der Waals surface area contributed by atoms with E-state index in [4.69, 9.17) is 9.79 Å². The quantitative estimate of drug-likeness (QED) is 0.541. The van der Waals surface area contributed by atoms with E-state index in [9.17, 15) is 13.3 Å². The minimum atomic E-state index is -4.73. The molecule has 13 heavy (non-hydrogen) atoms. The number of halogens is 2. The van der Waals surface area contributed by atoms with Crippen LogP contribution in [0.4, 0.5) is 8.78 Å². The third kappa shape index (κ3) is 7.80. The van der Waals surface area contributed by atoms with Crippen LogP contribution in [-0.4, -0.2) is 15.9 Å². The van der Waals surface area contributed by atoms with E-state index in [1.807, 2.05) is 0 Å². The summed E-state index contributed by atoms with van der Waals surface area (Å²) in [4.78, 5) is 16.6. The van der Waals surface area contributed by atoms with Crippen LogP contribution in [0.3, 0.4) is 0 Å². The summed E-state index contributed by atoms with van der Waals surface area (Å²) >= 11 is 0. The van der Waals surface area contributed by atoms with Crippen molar-refractivity contribution in [2.45, 2.75) is 12.5 Å². The maximum absolute atomic E-state index is 11.7. The van der Waals surface area contributed by atoms with Crippen molar-refractivity contribution >= 4 is 7.82 Å². The van der Waals surface area contributed by atoms with Gasteiger partial charge in [-0.3, -0.25) is 4.52 Å². The van der Waals surface area contributed by atoms with Crippen LogP contribution >= 0.6 is 7.82 Å². The molecule has 1 unspecified atom stereocenters. The lowest BCUT2D eigenvalue weighted by atomic mass is 10.2. The molecule has 0 heterocycles. The fraction of sp³-hybridized carbons (Fsp3) is 0.333. The van der Waals surface area contributed by atoms with Crippen molar-refractivity contribution in [1.82, 2.24) is 0 Å². The van der Waals surface area contributed by atoms with E-state index in [1.54, 1.807) is 0 Å². The molecule has 7 heteroatoms. The first-order chi connectivity index (χ1) is 5.85. The first kappa shape index (κ1) is 12.4. The fourth-order valence-corrected chi connectivity index (χ4v) is 1.12. The third-order valence-corrected chi connectivity index (χ3v) is 1.53. The largest absolute Gasteiger partial charge is 0.470 e. The van der Waals surface area contributed by atoms with Gasteiger partial charge in [0.05, 0.1) is 6.10 Å². The van der Waals surface area contributed by atoms with Crippen molar-refractivity contribution in [3.05, 3.63) is 24.8 Å². The highest BCUT2D eigenvalue weighted by Gasteiger charge is 2.20. The smallest absolute Gasteiger partial charge is 0.303 e. The van der Waals surface area contributed by atoms with Gasteiger partial charge in [0.25, 0.3) is 6.08 Å². The molecular formula is C6H9F2O4P. The summed E-state index contributed by atoms with van der Waals surface area (Å²) in [7, 11) is -4.73. The van der Waals surface area contributed by atoms with E-state index in [-0.39, 0.29) is 6.42 Å². The molecule has 0 saturated heterocycles. The summed E-state index contributed by atoms with van der Waals surface area (Å²) < 4.78 is 37.6. The van der Waals surface area contributed by atoms with Crippen LogP contribution in [0, 0.1) is 0 Å². The second-order valence-corrected chi connectivity index (χ2v) is 3.31. The molecule has 0 bridgehead atoms. The average Bonchev–Trinajstić information content (AvgIpc) is 1.81. The zero-order chi connectivity index (χ0) is 10.5. The Kier molecular flexibility index (Phi) is 5.02. The van der Waals surface area contributed by atoms with Gasteiger partial charge in [0, 0.05) is 6.08 Å². The molecule has 4 nitrogen and oxygen atoms in total. The second-order valence-electron chi connectivity index (χ2n) is 2.12. The molecule has 0 aliphatic rings. The Morgan fingerprint density at radius 3 is 2.46 bits per heavy atom. The highest BCUT2D eigenvalue weighted by molar-refractivity contribution is 7.46. The van der Waals surface area contributed by atoms with Gasteiger partial charge in [-0.2, -0.15) is 8.78 Å². The topological polar surface area (TPSA) is 66.8 Å². The zero-order valence-corrected chi connectivity index (χ0v) is 7.45.